The van der Waals surface area contributed by atoms with Crippen LogP contribution in [0.5, 0.6) is 0 Å². The van der Waals surface area contributed by atoms with E-state index in [9.17, 15) is 9.59 Å². The van der Waals surface area contributed by atoms with Gasteiger partial charge in [0.1, 0.15) is 0 Å². The van der Waals surface area contributed by atoms with Gasteiger partial charge in [0.05, 0.1) is 13.0 Å². The molecular weight excluding hydrogens is 342 g/mol. The molecule has 0 aromatic heterocycles. The lowest BCUT2D eigenvalue weighted by atomic mass is 9.68. The van der Waals surface area contributed by atoms with Gasteiger partial charge < -0.3 is 5.11 Å². The summed E-state index contributed by atoms with van der Waals surface area (Å²) in [5.74, 6) is 1.05. The second kappa shape index (κ2) is 9.40. The lowest BCUT2D eigenvalue weighted by Gasteiger charge is -2.39. The number of carboxylic acid groups (broad SMARTS) is 1. The first kappa shape index (κ1) is 23.9. The number of nitrogens with zero attached hydrogens (tertiary/aromatic N) is 1. The van der Waals surface area contributed by atoms with E-state index in [-0.39, 0.29) is 17.7 Å². The Bertz CT molecular complexity index is 491. The van der Waals surface area contributed by atoms with Gasteiger partial charge in [-0.25, -0.2) is 5.06 Å². The van der Waals surface area contributed by atoms with E-state index in [1.54, 1.807) is 7.05 Å². The first-order chi connectivity index (χ1) is 12.2. The Balaban J connectivity index is 0.000000277. The zero-order chi connectivity index (χ0) is 21.0. The molecule has 5 nitrogen and oxygen atoms in total. The maximum absolute atomic E-state index is 11.7. The number of carboxylic acids is 1. The second-order valence-corrected chi connectivity index (χ2v) is 11.0. The Labute approximate surface area is 165 Å². The van der Waals surface area contributed by atoms with E-state index in [4.69, 9.17) is 9.94 Å². The largest absolute Gasteiger partial charge is 0.481 e. The van der Waals surface area contributed by atoms with Gasteiger partial charge in [0, 0.05) is 13.0 Å². The molecule has 1 amide bonds. The summed E-state index contributed by atoms with van der Waals surface area (Å²) in [5, 5.41) is 9.99. The smallest absolute Gasteiger partial charge is 0.306 e. The predicted molar refractivity (Wildman–Crippen MR) is 108 cm³/mol. The first-order valence-electron chi connectivity index (χ1n) is 10.3. The molecule has 0 bridgehead atoms. The third-order valence-corrected chi connectivity index (χ3v) is 5.56. The van der Waals surface area contributed by atoms with Crippen LogP contribution in [0.1, 0.15) is 80.1 Å². The van der Waals surface area contributed by atoms with E-state index in [2.05, 4.69) is 41.5 Å². The fourth-order valence-corrected chi connectivity index (χ4v) is 4.29. The molecule has 0 spiro atoms. The van der Waals surface area contributed by atoms with Crippen LogP contribution in [-0.4, -0.2) is 36.2 Å². The number of carbonyl (C=O) groups excluding carboxylic acids is 1. The van der Waals surface area contributed by atoms with Crippen LogP contribution in [0.2, 0.25) is 0 Å². The van der Waals surface area contributed by atoms with Crippen molar-refractivity contribution in [3.63, 3.8) is 0 Å². The molecule has 158 valence electrons. The fraction of sp³-hybridized carbons (Fsp3) is 0.909. The van der Waals surface area contributed by atoms with E-state index in [0.717, 1.165) is 38.0 Å². The summed E-state index contributed by atoms with van der Waals surface area (Å²) in [7, 11) is 3.21. The Morgan fingerprint density at radius 1 is 0.889 bits per heavy atom. The maximum Gasteiger partial charge on any atom is 0.306 e. The summed E-state index contributed by atoms with van der Waals surface area (Å²) in [4.78, 5) is 27.0. The normalized spacial score (nSPS) is 27.6. The Morgan fingerprint density at radius 2 is 1.26 bits per heavy atom. The molecule has 0 aromatic carbocycles. The summed E-state index contributed by atoms with van der Waals surface area (Å²) < 4.78 is 0. The monoisotopic (exact) mass is 383 g/mol. The lowest BCUT2D eigenvalue weighted by molar-refractivity contribution is -0.178. The fourth-order valence-electron chi connectivity index (χ4n) is 4.29. The van der Waals surface area contributed by atoms with E-state index in [1.807, 2.05) is 0 Å². The van der Waals surface area contributed by atoms with Crippen molar-refractivity contribution in [3.05, 3.63) is 0 Å². The summed E-state index contributed by atoms with van der Waals surface area (Å²) in [6.07, 6.45) is 6.23. The molecule has 2 saturated carbocycles. The molecule has 0 aromatic rings. The molecule has 27 heavy (non-hydrogen) atoms. The van der Waals surface area contributed by atoms with Gasteiger partial charge >= 0.3 is 5.97 Å². The topological polar surface area (TPSA) is 66.8 Å². The van der Waals surface area contributed by atoms with Crippen LogP contribution in [0.25, 0.3) is 0 Å². The van der Waals surface area contributed by atoms with Crippen molar-refractivity contribution in [3.8, 4) is 0 Å². The molecule has 2 aliphatic rings. The number of hydrogen-bond donors (Lipinski definition) is 1. The molecule has 0 radical (unpaired) electrons. The summed E-state index contributed by atoms with van der Waals surface area (Å²) in [5.41, 5.74) is 0.736. The maximum atomic E-state index is 11.7. The molecule has 5 heteroatoms. The number of hydroxylamine groups is 2. The van der Waals surface area contributed by atoms with Crippen LogP contribution in [-0.2, 0) is 14.4 Å². The highest BCUT2D eigenvalue weighted by atomic mass is 16.7. The molecule has 2 aliphatic carbocycles. The van der Waals surface area contributed by atoms with Crippen molar-refractivity contribution in [2.75, 3.05) is 14.2 Å². The van der Waals surface area contributed by atoms with Crippen molar-refractivity contribution >= 4 is 11.9 Å². The first-order valence-corrected chi connectivity index (χ1v) is 10.3. The Morgan fingerprint density at radius 3 is 1.56 bits per heavy atom. The van der Waals surface area contributed by atoms with Crippen LogP contribution < -0.4 is 0 Å². The zero-order valence-corrected chi connectivity index (χ0v) is 18.7. The van der Waals surface area contributed by atoms with E-state index >= 15 is 0 Å². The van der Waals surface area contributed by atoms with Gasteiger partial charge in [-0.3, -0.25) is 14.4 Å². The Kier molecular flexibility index (Phi) is 8.33. The highest BCUT2D eigenvalue weighted by Gasteiger charge is 2.38. The highest BCUT2D eigenvalue weighted by molar-refractivity contribution is 5.78. The molecule has 2 fully saturated rings. The third-order valence-electron chi connectivity index (χ3n) is 5.56. The zero-order valence-electron chi connectivity index (χ0n) is 18.7. The minimum atomic E-state index is -0.611. The van der Waals surface area contributed by atoms with Crippen molar-refractivity contribution < 1.29 is 19.5 Å². The number of amides is 1. The van der Waals surface area contributed by atoms with Crippen LogP contribution in [0.4, 0.5) is 0 Å². The second-order valence-electron chi connectivity index (χ2n) is 11.0. The van der Waals surface area contributed by atoms with Gasteiger partial charge in [0.25, 0.3) is 0 Å². The molecular formula is C22H41NO4. The van der Waals surface area contributed by atoms with Crippen molar-refractivity contribution in [2.24, 2.45) is 34.5 Å². The van der Waals surface area contributed by atoms with Crippen molar-refractivity contribution in [1.29, 1.82) is 0 Å². The highest BCUT2D eigenvalue weighted by Crippen LogP contribution is 2.42. The van der Waals surface area contributed by atoms with Crippen LogP contribution in [0.3, 0.4) is 0 Å². The number of rotatable bonds is 5. The third kappa shape index (κ3) is 8.63. The van der Waals surface area contributed by atoms with Gasteiger partial charge in [-0.1, -0.05) is 41.5 Å². The minimum Gasteiger partial charge on any atom is -0.481 e. The van der Waals surface area contributed by atoms with E-state index in [0.29, 0.717) is 16.7 Å². The number of hydrogen-bond acceptors (Lipinski definition) is 3. The molecule has 1 N–H and O–H groups in total. The molecule has 0 unspecified atom stereocenters. The molecule has 0 heterocycles. The van der Waals surface area contributed by atoms with Crippen LogP contribution in [0.15, 0.2) is 0 Å². The standard InChI is InChI=1S/C12H23NO2.C10H18O2/c1-12(2,3)8-9-6-10(7-9)11(14)13(4)15-5;1-10(2,3)6-7-4-8(5-7)9(11)12/h9-10H,6-8H2,1-5H3;7-8H,4-6H2,1-3H3,(H,11,12). The average Bonchev–Trinajstić information content (AvgIpc) is 2.42. The molecule has 0 atom stereocenters. The predicted octanol–water partition coefficient (Wildman–Crippen LogP) is 5.00. The van der Waals surface area contributed by atoms with E-state index in [1.165, 1.54) is 18.6 Å². The van der Waals surface area contributed by atoms with E-state index < -0.39 is 5.97 Å². The number of carbonyl (C=O) groups is 2. The molecule has 0 saturated heterocycles. The van der Waals surface area contributed by atoms with Gasteiger partial charge in [-0.05, 0) is 61.2 Å². The molecule has 0 aliphatic heterocycles. The van der Waals surface area contributed by atoms with Crippen molar-refractivity contribution in [1.82, 2.24) is 5.06 Å². The summed E-state index contributed by atoms with van der Waals surface area (Å²) in [6.45, 7) is 13.4. The minimum absolute atomic E-state index is 0.0441. The van der Waals surface area contributed by atoms with Crippen molar-refractivity contribution in [2.45, 2.75) is 80.1 Å². The summed E-state index contributed by atoms with van der Waals surface area (Å²) in [6, 6.07) is 0. The van der Waals surface area contributed by atoms with Gasteiger partial charge in [0.2, 0.25) is 5.91 Å². The van der Waals surface area contributed by atoms with Crippen LogP contribution in [0, 0.1) is 34.5 Å². The van der Waals surface area contributed by atoms with Gasteiger partial charge in [-0.15, -0.1) is 0 Å². The summed E-state index contributed by atoms with van der Waals surface area (Å²) >= 11 is 0. The average molecular weight is 384 g/mol. The van der Waals surface area contributed by atoms with Gasteiger partial charge in [0.15, 0.2) is 0 Å². The molecule has 2 rings (SSSR count). The Hall–Kier alpha value is -1.10. The number of aliphatic carboxylic acids is 1. The lowest BCUT2D eigenvalue weighted by Crippen LogP contribution is -2.40. The quantitative estimate of drug-likeness (QED) is 0.678. The van der Waals surface area contributed by atoms with Gasteiger partial charge in [-0.2, -0.15) is 0 Å². The SMILES string of the molecule is CC(C)(C)CC1CC(C(=O)O)C1.CON(C)C(=O)C1CC(CC(C)(C)C)C1. The van der Waals surface area contributed by atoms with Crippen LogP contribution >= 0.6 is 0 Å².